The third-order valence-electron chi connectivity index (χ3n) is 3.55. The molecular weight excluding hydrogens is 288 g/mol. The molecule has 0 bridgehead atoms. The van der Waals surface area contributed by atoms with Crippen molar-refractivity contribution in [3.8, 4) is 0 Å². The number of sulfone groups is 1. The second-order valence-electron chi connectivity index (χ2n) is 4.89. The maximum Gasteiger partial charge on any atom is 0.237 e. The number of piperidine rings is 1. The number of likely N-dealkylation sites (tertiary alicyclic amines) is 1. The molecule has 5 nitrogen and oxygen atoms in total. The van der Waals surface area contributed by atoms with Gasteiger partial charge in [0.25, 0.3) is 0 Å². The number of carbonyl (C=O) groups excluding carboxylic acids is 1. The van der Waals surface area contributed by atoms with Crippen molar-refractivity contribution in [1.82, 2.24) is 10.2 Å². The maximum absolute atomic E-state index is 11.8. The van der Waals surface area contributed by atoms with E-state index in [1.165, 1.54) is 0 Å². The van der Waals surface area contributed by atoms with E-state index in [0.29, 0.717) is 19.0 Å². The lowest BCUT2D eigenvalue weighted by Crippen LogP contribution is -2.42. The van der Waals surface area contributed by atoms with Crippen molar-refractivity contribution in [2.45, 2.75) is 26.2 Å². The Bertz CT molecular complexity index is 365. The average molecular weight is 313 g/mol. The fourth-order valence-electron chi connectivity index (χ4n) is 2.20. The molecule has 1 rings (SSSR count). The number of rotatable bonds is 6. The molecule has 0 atom stereocenters. The molecule has 0 aromatic heterocycles. The molecule has 0 aliphatic carbocycles. The summed E-state index contributed by atoms with van der Waals surface area (Å²) in [6, 6.07) is 0. The monoisotopic (exact) mass is 312 g/mol. The predicted molar refractivity (Wildman–Crippen MR) is 79.4 cm³/mol. The summed E-state index contributed by atoms with van der Waals surface area (Å²) in [6.07, 6.45) is 3.10. The van der Waals surface area contributed by atoms with Crippen LogP contribution in [0.3, 0.4) is 0 Å². The molecule has 1 fully saturated rings. The molecule has 0 saturated carbocycles. The van der Waals surface area contributed by atoms with Crippen molar-refractivity contribution in [2.24, 2.45) is 5.92 Å². The smallest absolute Gasteiger partial charge is 0.237 e. The first-order valence-corrected chi connectivity index (χ1v) is 8.43. The van der Waals surface area contributed by atoms with Gasteiger partial charge in [-0.2, -0.15) is 0 Å². The summed E-state index contributed by atoms with van der Waals surface area (Å²) >= 11 is 0. The van der Waals surface area contributed by atoms with Crippen molar-refractivity contribution >= 4 is 28.2 Å². The minimum absolute atomic E-state index is 0. The minimum atomic E-state index is -3.20. The Morgan fingerprint density at radius 1 is 1.32 bits per heavy atom. The van der Waals surface area contributed by atoms with E-state index in [1.54, 1.807) is 11.8 Å². The third kappa shape index (κ3) is 6.58. The van der Waals surface area contributed by atoms with Gasteiger partial charge in [-0.25, -0.2) is 8.42 Å². The highest BCUT2D eigenvalue weighted by Gasteiger charge is 2.25. The SMILES string of the molecule is CCS(=O)(=O)CC(=O)N1CCC(CCNC)CC1.Cl. The molecule has 1 heterocycles. The molecule has 114 valence electrons. The van der Waals surface area contributed by atoms with Gasteiger partial charge in [-0.05, 0) is 38.8 Å². The Labute approximate surface area is 122 Å². The average Bonchev–Trinajstić information content (AvgIpc) is 2.36. The molecule has 0 aromatic rings. The lowest BCUT2D eigenvalue weighted by atomic mass is 9.93. The molecule has 0 radical (unpaired) electrons. The van der Waals surface area contributed by atoms with E-state index in [1.807, 2.05) is 7.05 Å². The van der Waals surface area contributed by atoms with Gasteiger partial charge in [0.15, 0.2) is 9.84 Å². The molecule has 0 aromatic carbocycles. The molecule has 1 amide bonds. The van der Waals surface area contributed by atoms with E-state index >= 15 is 0 Å². The van der Waals surface area contributed by atoms with E-state index in [4.69, 9.17) is 0 Å². The topological polar surface area (TPSA) is 66.5 Å². The summed E-state index contributed by atoms with van der Waals surface area (Å²) < 4.78 is 22.8. The maximum atomic E-state index is 11.8. The second-order valence-corrected chi connectivity index (χ2v) is 7.25. The predicted octanol–water partition coefficient (Wildman–Crippen LogP) is 0.691. The van der Waals surface area contributed by atoms with Crippen LogP contribution in [-0.4, -0.2) is 57.4 Å². The highest BCUT2D eigenvalue weighted by molar-refractivity contribution is 7.92. The van der Waals surface area contributed by atoms with Gasteiger partial charge >= 0.3 is 0 Å². The molecule has 1 aliphatic rings. The standard InChI is InChI=1S/C12H24N2O3S.ClH/c1-3-18(16,17)10-12(15)14-8-5-11(6-9-14)4-7-13-2;/h11,13H,3-10H2,1-2H3;1H. The summed E-state index contributed by atoms with van der Waals surface area (Å²) in [5.41, 5.74) is 0. The van der Waals surface area contributed by atoms with E-state index in [2.05, 4.69) is 5.32 Å². The van der Waals surface area contributed by atoms with Crippen LogP contribution in [0.2, 0.25) is 0 Å². The zero-order chi connectivity index (χ0) is 13.6. The highest BCUT2D eigenvalue weighted by atomic mass is 35.5. The van der Waals surface area contributed by atoms with Gasteiger partial charge in [0, 0.05) is 18.8 Å². The fraction of sp³-hybridized carbons (Fsp3) is 0.917. The van der Waals surface area contributed by atoms with Gasteiger partial charge in [-0.15, -0.1) is 12.4 Å². The van der Waals surface area contributed by atoms with E-state index < -0.39 is 9.84 Å². The minimum Gasteiger partial charge on any atom is -0.342 e. The molecule has 0 spiro atoms. The van der Waals surface area contributed by atoms with Gasteiger partial charge < -0.3 is 10.2 Å². The molecule has 19 heavy (non-hydrogen) atoms. The summed E-state index contributed by atoms with van der Waals surface area (Å²) in [4.78, 5) is 13.5. The molecule has 1 aliphatic heterocycles. The lowest BCUT2D eigenvalue weighted by molar-refractivity contribution is -0.129. The molecule has 1 N–H and O–H groups in total. The van der Waals surface area contributed by atoms with Crippen molar-refractivity contribution in [1.29, 1.82) is 0 Å². The first-order valence-electron chi connectivity index (χ1n) is 6.61. The largest absolute Gasteiger partial charge is 0.342 e. The number of nitrogens with zero attached hydrogens (tertiary/aromatic N) is 1. The van der Waals surface area contributed by atoms with Crippen LogP contribution < -0.4 is 5.32 Å². The van der Waals surface area contributed by atoms with Gasteiger partial charge in [-0.1, -0.05) is 6.92 Å². The lowest BCUT2D eigenvalue weighted by Gasteiger charge is -2.32. The van der Waals surface area contributed by atoms with Crippen LogP contribution in [0.1, 0.15) is 26.2 Å². The molecular formula is C12H25ClN2O3S. The first-order chi connectivity index (χ1) is 8.48. The van der Waals surface area contributed by atoms with Gasteiger partial charge in [0.1, 0.15) is 5.75 Å². The zero-order valence-electron chi connectivity index (χ0n) is 11.7. The van der Waals surface area contributed by atoms with Crippen molar-refractivity contribution in [3.63, 3.8) is 0 Å². The van der Waals surface area contributed by atoms with Crippen LogP contribution in [0.5, 0.6) is 0 Å². The Hall–Kier alpha value is -0.330. The van der Waals surface area contributed by atoms with Gasteiger partial charge in [0.2, 0.25) is 5.91 Å². The van der Waals surface area contributed by atoms with Crippen LogP contribution in [0.25, 0.3) is 0 Å². The number of halogens is 1. The molecule has 0 unspecified atom stereocenters. The van der Waals surface area contributed by atoms with E-state index in [-0.39, 0.29) is 29.8 Å². The van der Waals surface area contributed by atoms with Crippen LogP contribution >= 0.6 is 12.4 Å². The Balaban J connectivity index is 0.00000324. The summed E-state index contributed by atoms with van der Waals surface area (Å²) in [7, 11) is -1.26. The number of carbonyl (C=O) groups is 1. The highest BCUT2D eigenvalue weighted by Crippen LogP contribution is 2.20. The number of hydrogen-bond acceptors (Lipinski definition) is 4. The van der Waals surface area contributed by atoms with Gasteiger partial charge in [0.05, 0.1) is 0 Å². The first kappa shape index (κ1) is 18.7. The van der Waals surface area contributed by atoms with Crippen molar-refractivity contribution in [3.05, 3.63) is 0 Å². The Morgan fingerprint density at radius 3 is 2.37 bits per heavy atom. The Morgan fingerprint density at radius 2 is 1.89 bits per heavy atom. The number of amides is 1. The zero-order valence-corrected chi connectivity index (χ0v) is 13.4. The van der Waals surface area contributed by atoms with Gasteiger partial charge in [-0.3, -0.25) is 4.79 Å². The quantitative estimate of drug-likeness (QED) is 0.783. The van der Waals surface area contributed by atoms with Crippen LogP contribution in [0, 0.1) is 5.92 Å². The van der Waals surface area contributed by atoms with Crippen LogP contribution in [0.4, 0.5) is 0 Å². The number of hydrogen-bond donors (Lipinski definition) is 1. The summed E-state index contributed by atoms with van der Waals surface area (Å²) in [5.74, 6) is 0.135. The third-order valence-corrected chi connectivity index (χ3v) is 5.12. The van der Waals surface area contributed by atoms with Crippen molar-refractivity contribution in [2.75, 3.05) is 38.2 Å². The number of nitrogens with one attached hydrogen (secondary N) is 1. The molecule has 7 heteroatoms. The van der Waals surface area contributed by atoms with Crippen LogP contribution in [-0.2, 0) is 14.6 Å². The fourth-order valence-corrected chi connectivity index (χ4v) is 2.96. The molecule has 1 saturated heterocycles. The Kier molecular flexibility index (Phi) is 8.61. The normalized spacial score (nSPS) is 17.1. The summed E-state index contributed by atoms with van der Waals surface area (Å²) in [5, 5.41) is 3.13. The second kappa shape index (κ2) is 8.76. The van der Waals surface area contributed by atoms with E-state index in [0.717, 1.165) is 25.8 Å². The van der Waals surface area contributed by atoms with Crippen LogP contribution in [0.15, 0.2) is 0 Å². The van der Waals surface area contributed by atoms with E-state index in [9.17, 15) is 13.2 Å². The summed E-state index contributed by atoms with van der Waals surface area (Å²) in [6.45, 7) is 3.98. The van der Waals surface area contributed by atoms with Crippen molar-refractivity contribution < 1.29 is 13.2 Å².